The molecular weight excluding hydrogens is 891 g/mol. The van der Waals surface area contributed by atoms with Crippen LogP contribution in [0.3, 0.4) is 0 Å². The summed E-state index contributed by atoms with van der Waals surface area (Å²) in [5, 5.41) is 21.7. The second-order valence-corrected chi connectivity index (χ2v) is 17.1. The highest BCUT2D eigenvalue weighted by Gasteiger charge is 2.22. The monoisotopic (exact) mass is 944 g/mol. The van der Waals surface area contributed by atoms with Gasteiger partial charge in [-0.15, -0.1) is 0 Å². The Morgan fingerprint density at radius 3 is 0.928 bits per heavy atom. The van der Waals surface area contributed by atoms with Crippen LogP contribution < -0.4 is 42.5 Å². The molecule has 6 heterocycles. The normalized spacial score (nSPS) is 11.1. The van der Waals surface area contributed by atoms with E-state index in [1.807, 2.05) is 0 Å². The Morgan fingerprint density at radius 1 is 0.420 bits per heavy atom. The number of ether oxygens (including phenoxy) is 1. The molecule has 0 aliphatic heterocycles. The minimum absolute atomic E-state index is 0.223. The third-order valence-corrected chi connectivity index (χ3v) is 10.3. The Balaban J connectivity index is 0.938. The quantitative estimate of drug-likeness (QED) is 0.0506. The van der Waals surface area contributed by atoms with Gasteiger partial charge in [0.2, 0.25) is 7.85 Å². The van der Waals surface area contributed by atoms with Crippen LogP contribution in [0, 0.1) is 0 Å². The van der Waals surface area contributed by atoms with Crippen LogP contribution in [0.2, 0.25) is 0 Å². The zero-order chi connectivity index (χ0) is 50.5. The first-order chi connectivity index (χ1) is 32.4. The van der Waals surface area contributed by atoms with Crippen LogP contribution in [-0.4, -0.2) is 101 Å². The minimum atomic E-state index is -0.768. The summed E-state index contributed by atoms with van der Waals surface area (Å²) in [5.74, 6) is -3.51. The lowest BCUT2D eigenvalue weighted by Gasteiger charge is -2.19. The SMILES string of the molecule is [B]C(=O)Nc1cc(C(=O)Nc2cc(C(=O)Nc3cc(C(=O)NCCCNC(=O)c4cc(NC(=O)c5cc(NC(=O)c6cc(NC(=O)OC(C)(C)C)cn6C)cn5C)cn4C)n(C)c3)n(C)c2)n(C)c1. The van der Waals surface area contributed by atoms with Crippen molar-refractivity contribution >= 4 is 89.3 Å². The number of carbonyl (C=O) groups excluding carboxylic acids is 8. The molecule has 23 nitrogen and oxygen atoms in total. The molecule has 0 unspecified atom stereocenters. The summed E-state index contributed by atoms with van der Waals surface area (Å²) in [6, 6.07) is 9.00. The molecule has 6 aromatic heterocycles. The highest BCUT2D eigenvalue weighted by atomic mass is 16.6. The molecule has 0 saturated carbocycles. The van der Waals surface area contributed by atoms with E-state index in [2.05, 4.69) is 42.5 Å². The van der Waals surface area contributed by atoms with Gasteiger partial charge in [0.05, 0.1) is 34.1 Å². The van der Waals surface area contributed by atoms with Crippen LogP contribution in [0.15, 0.2) is 73.6 Å². The van der Waals surface area contributed by atoms with E-state index in [4.69, 9.17) is 12.6 Å². The first-order valence-corrected chi connectivity index (χ1v) is 21.3. The molecule has 0 aliphatic rings. The van der Waals surface area contributed by atoms with Gasteiger partial charge < -0.3 is 69.4 Å². The standard InChI is InChI=1S/C45H53BN14O9/c1-45(2,3)69-44(68)54-30-18-36(60(9)24-30)42(66)52-28-16-34(58(7)22-28)40(64)50-26-14-32(56(5)20-26)38(62)48-12-10-11-47-37(61)31-13-25(19-55(31)4)49-39(63)33-15-27(21-57(33)6)51-41(65)35-17-29(23-59(35)8)53-43(46)67/h13-24H,10-12H2,1-9H3,(H,47,61)(H,48,62)(H,49,63)(H,50,64)(H,51,65)(H,52,66)(H,53,67)(H,54,68). The lowest BCUT2D eigenvalue weighted by molar-refractivity contribution is 0.0634. The highest BCUT2D eigenvalue weighted by molar-refractivity contribution is 6.60. The van der Waals surface area contributed by atoms with Gasteiger partial charge in [-0.1, -0.05) is 0 Å². The summed E-state index contributed by atoms with van der Waals surface area (Å²) in [4.78, 5) is 102. The topological polar surface area (TPSA) is 272 Å². The number of carbonyl (C=O) groups is 8. The second-order valence-electron chi connectivity index (χ2n) is 17.1. The largest absolute Gasteiger partial charge is 0.444 e. The van der Waals surface area contributed by atoms with Gasteiger partial charge in [0.1, 0.15) is 39.8 Å². The third kappa shape index (κ3) is 12.6. The number of hydrogen-bond acceptors (Lipinski definition) is 9. The maximum Gasteiger partial charge on any atom is 0.412 e. The fourth-order valence-corrected chi connectivity index (χ4v) is 7.17. The van der Waals surface area contributed by atoms with Crippen molar-refractivity contribution in [2.24, 2.45) is 42.3 Å². The first kappa shape index (κ1) is 49.7. The summed E-state index contributed by atoms with van der Waals surface area (Å²) in [5.41, 5.74) is 2.92. The second kappa shape index (κ2) is 20.4. The summed E-state index contributed by atoms with van der Waals surface area (Å²) < 4.78 is 14.5. The fraction of sp³-hybridized carbons (Fsp3) is 0.289. The summed E-state index contributed by atoms with van der Waals surface area (Å²) in [6.45, 7) is 5.67. The van der Waals surface area contributed by atoms with Crippen molar-refractivity contribution in [3.05, 3.63) is 108 Å². The summed E-state index contributed by atoms with van der Waals surface area (Å²) in [7, 11) is 15.0. The molecule has 6 rings (SSSR count). The van der Waals surface area contributed by atoms with Crippen LogP contribution in [0.25, 0.3) is 0 Å². The van der Waals surface area contributed by atoms with Crippen LogP contribution in [0.5, 0.6) is 0 Å². The van der Waals surface area contributed by atoms with E-state index in [0.717, 1.165) is 0 Å². The van der Waals surface area contributed by atoms with Crippen molar-refractivity contribution in [2.75, 3.05) is 45.0 Å². The van der Waals surface area contributed by atoms with E-state index in [1.165, 1.54) is 51.7 Å². The number of nitrogens with one attached hydrogen (secondary N) is 8. The van der Waals surface area contributed by atoms with Gasteiger partial charge in [-0.3, -0.25) is 38.9 Å². The van der Waals surface area contributed by atoms with Gasteiger partial charge in [0.25, 0.3) is 35.4 Å². The van der Waals surface area contributed by atoms with Crippen molar-refractivity contribution in [3.63, 3.8) is 0 Å². The molecule has 360 valence electrons. The summed E-state index contributed by atoms with van der Waals surface area (Å²) >= 11 is 0. The molecule has 24 heteroatoms. The van der Waals surface area contributed by atoms with Crippen LogP contribution >= 0.6 is 0 Å². The van der Waals surface area contributed by atoms with E-state index < -0.39 is 52.9 Å². The van der Waals surface area contributed by atoms with Gasteiger partial charge >= 0.3 is 6.09 Å². The van der Waals surface area contributed by atoms with Crippen LogP contribution in [0.4, 0.5) is 43.7 Å². The molecule has 2 radical (unpaired) electrons. The van der Waals surface area contributed by atoms with E-state index in [-0.39, 0.29) is 47.3 Å². The van der Waals surface area contributed by atoms with Crippen molar-refractivity contribution in [2.45, 2.75) is 32.8 Å². The molecule has 0 aliphatic carbocycles. The van der Waals surface area contributed by atoms with Crippen molar-refractivity contribution in [1.29, 1.82) is 0 Å². The van der Waals surface area contributed by atoms with E-state index in [1.54, 1.807) is 112 Å². The first-order valence-electron chi connectivity index (χ1n) is 21.3. The number of hydrogen-bond donors (Lipinski definition) is 8. The third-order valence-electron chi connectivity index (χ3n) is 10.3. The van der Waals surface area contributed by atoms with Gasteiger partial charge in [0.15, 0.2) is 5.81 Å². The number of aryl methyl sites for hydroxylation is 6. The number of rotatable bonds is 16. The molecule has 0 fully saturated rings. The molecule has 0 aromatic carbocycles. The molecule has 0 bridgehead atoms. The Morgan fingerprint density at radius 2 is 0.667 bits per heavy atom. The van der Waals surface area contributed by atoms with E-state index >= 15 is 0 Å². The number of nitrogens with zero attached hydrogens (tertiary/aromatic N) is 6. The molecule has 0 atom stereocenters. The highest BCUT2D eigenvalue weighted by Crippen LogP contribution is 2.22. The lowest BCUT2D eigenvalue weighted by Crippen LogP contribution is -2.31. The Hall–Kier alpha value is -8.70. The Bertz CT molecular complexity index is 2990. The Kier molecular flexibility index (Phi) is 14.7. The molecule has 69 heavy (non-hydrogen) atoms. The van der Waals surface area contributed by atoms with Gasteiger partial charge in [-0.2, -0.15) is 0 Å². The molecule has 0 saturated heterocycles. The van der Waals surface area contributed by atoms with Crippen LogP contribution in [0.1, 0.15) is 90.1 Å². The lowest BCUT2D eigenvalue weighted by atomic mass is 10.1. The average molecular weight is 945 g/mol. The van der Waals surface area contributed by atoms with E-state index in [0.29, 0.717) is 40.5 Å². The molecule has 8 N–H and O–H groups in total. The maximum atomic E-state index is 13.3. The number of amides is 8. The molecule has 0 spiro atoms. The smallest absolute Gasteiger partial charge is 0.412 e. The minimum Gasteiger partial charge on any atom is -0.444 e. The van der Waals surface area contributed by atoms with E-state index in [9.17, 15) is 38.4 Å². The average Bonchev–Trinajstić information content (AvgIpc) is 4.10. The molecule has 6 aromatic rings. The van der Waals surface area contributed by atoms with Crippen molar-refractivity contribution in [3.8, 4) is 0 Å². The number of aromatic nitrogens is 6. The van der Waals surface area contributed by atoms with Gasteiger partial charge in [0, 0.05) is 92.6 Å². The maximum absolute atomic E-state index is 13.3. The fourth-order valence-electron chi connectivity index (χ4n) is 7.17. The zero-order valence-electron chi connectivity index (χ0n) is 39.5. The summed E-state index contributed by atoms with van der Waals surface area (Å²) in [6.07, 6.45) is 9.14. The zero-order valence-corrected chi connectivity index (χ0v) is 39.5. The number of anilines is 6. The predicted molar refractivity (Wildman–Crippen MR) is 258 cm³/mol. The molecule has 8 amide bonds. The van der Waals surface area contributed by atoms with Gasteiger partial charge in [-0.25, -0.2) is 4.79 Å². The van der Waals surface area contributed by atoms with Crippen LogP contribution in [-0.2, 0) is 47.0 Å². The van der Waals surface area contributed by atoms with Gasteiger partial charge in [-0.05, 0) is 63.6 Å². The van der Waals surface area contributed by atoms with Crippen molar-refractivity contribution in [1.82, 2.24) is 38.0 Å². The molecular formula is C45H53BN14O9. The predicted octanol–water partition coefficient (Wildman–Crippen LogP) is 4.32. The Labute approximate surface area is 397 Å². The van der Waals surface area contributed by atoms with Crippen molar-refractivity contribution < 1.29 is 43.1 Å².